The summed E-state index contributed by atoms with van der Waals surface area (Å²) >= 11 is 1.41. The number of methoxy groups -OCH3 is 1. The highest BCUT2D eigenvalue weighted by atomic mass is 32.1. The number of thiazole rings is 1. The van der Waals surface area contributed by atoms with E-state index in [1.54, 1.807) is 7.11 Å². The average Bonchev–Trinajstić information content (AvgIpc) is 2.69. The summed E-state index contributed by atoms with van der Waals surface area (Å²) in [5, 5.41) is 9.39. The topological polar surface area (TPSA) is 59.4 Å². The monoisotopic (exact) mass is 263 g/mol. The summed E-state index contributed by atoms with van der Waals surface area (Å²) in [6.07, 6.45) is -0.0323. The van der Waals surface area contributed by atoms with E-state index in [4.69, 9.17) is 9.84 Å². The minimum atomic E-state index is -0.860. The van der Waals surface area contributed by atoms with Gasteiger partial charge in [0.1, 0.15) is 10.8 Å². The van der Waals surface area contributed by atoms with Gasteiger partial charge in [-0.25, -0.2) is 4.98 Å². The third kappa shape index (κ3) is 2.68. The van der Waals surface area contributed by atoms with Crippen molar-refractivity contribution >= 4 is 17.3 Å². The summed E-state index contributed by atoms with van der Waals surface area (Å²) < 4.78 is 5.18. The molecule has 0 aliphatic rings. The molecule has 18 heavy (non-hydrogen) atoms. The van der Waals surface area contributed by atoms with Crippen LogP contribution in [0.1, 0.15) is 10.7 Å². The van der Waals surface area contributed by atoms with Gasteiger partial charge in [0.2, 0.25) is 0 Å². The number of ether oxygens (including phenoxy) is 1. The molecule has 94 valence electrons. The van der Waals surface area contributed by atoms with Gasteiger partial charge in [-0.1, -0.05) is 12.1 Å². The first-order valence-electron chi connectivity index (χ1n) is 5.42. The number of nitrogens with zero attached hydrogens (tertiary/aromatic N) is 1. The zero-order valence-electron chi connectivity index (χ0n) is 10.1. The number of benzene rings is 1. The molecule has 0 fully saturated rings. The largest absolute Gasteiger partial charge is 0.497 e. The summed E-state index contributed by atoms with van der Waals surface area (Å²) in [5.74, 6) is -0.0824. The van der Waals surface area contributed by atoms with Crippen LogP contribution in [0.5, 0.6) is 5.75 Å². The van der Waals surface area contributed by atoms with Gasteiger partial charge in [0.15, 0.2) is 0 Å². The first-order chi connectivity index (χ1) is 8.60. The lowest BCUT2D eigenvalue weighted by molar-refractivity contribution is -0.136. The maximum atomic E-state index is 10.7. The smallest absolute Gasteiger partial charge is 0.310 e. The molecule has 0 amide bonds. The van der Waals surface area contributed by atoms with Crippen LogP contribution in [0.2, 0.25) is 0 Å². The van der Waals surface area contributed by atoms with Crippen LogP contribution in [-0.2, 0) is 11.2 Å². The van der Waals surface area contributed by atoms with Crippen LogP contribution < -0.4 is 4.74 Å². The molecule has 1 aromatic carbocycles. The molecular weight excluding hydrogens is 250 g/mol. The highest BCUT2D eigenvalue weighted by Gasteiger charge is 2.12. The van der Waals surface area contributed by atoms with Gasteiger partial charge in [0.05, 0.1) is 24.1 Å². The van der Waals surface area contributed by atoms with E-state index in [1.165, 1.54) is 11.3 Å². The molecule has 2 aromatic rings. The number of aromatic nitrogens is 1. The van der Waals surface area contributed by atoms with Crippen molar-refractivity contribution < 1.29 is 14.6 Å². The molecule has 0 aliphatic carbocycles. The van der Waals surface area contributed by atoms with Gasteiger partial charge in [0.25, 0.3) is 0 Å². The second-order valence-corrected chi connectivity index (χ2v) is 4.91. The number of carboxylic acid groups (broad SMARTS) is 1. The summed E-state index contributed by atoms with van der Waals surface area (Å²) in [6.45, 7) is 1.89. The molecule has 0 saturated carbocycles. The Morgan fingerprint density at radius 3 is 2.94 bits per heavy atom. The van der Waals surface area contributed by atoms with E-state index < -0.39 is 5.97 Å². The predicted molar refractivity (Wildman–Crippen MR) is 70.2 cm³/mol. The Bertz CT molecular complexity index is 577. The minimum Gasteiger partial charge on any atom is -0.497 e. The maximum absolute atomic E-state index is 10.7. The number of rotatable bonds is 4. The van der Waals surface area contributed by atoms with Crippen molar-refractivity contribution in [2.45, 2.75) is 13.3 Å². The second-order valence-electron chi connectivity index (χ2n) is 3.82. The number of hydrogen-bond acceptors (Lipinski definition) is 4. The summed E-state index contributed by atoms with van der Waals surface area (Å²) in [6, 6.07) is 7.67. The highest BCUT2D eigenvalue weighted by Crippen LogP contribution is 2.32. The Morgan fingerprint density at radius 2 is 2.28 bits per heavy atom. The van der Waals surface area contributed by atoms with Crippen LogP contribution in [0.4, 0.5) is 0 Å². The second kappa shape index (κ2) is 5.18. The molecule has 1 aromatic heterocycles. The predicted octanol–water partition coefficient (Wildman–Crippen LogP) is 2.75. The van der Waals surface area contributed by atoms with Gasteiger partial charge in [-0.05, 0) is 24.6 Å². The highest BCUT2D eigenvalue weighted by molar-refractivity contribution is 7.15. The molecule has 2 rings (SSSR count). The fourth-order valence-electron chi connectivity index (χ4n) is 1.69. The van der Waals surface area contributed by atoms with Gasteiger partial charge in [-0.15, -0.1) is 11.3 Å². The Morgan fingerprint density at radius 1 is 1.50 bits per heavy atom. The van der Waals surface area contributed by atoms with Crippen molar-refractivity contribution in [3.8, 4) is 16.2 Å². The van der Waals surface area contributed by atoms with Crippen molar-refractivity contribution in [2.24, 2.45) is 0 Å². The minimum absolute atomic E-state index is 0.0323. The van der Waals surface area contributed by atoms with E-state index >= 15 is 0 Å². The summed E-state index contributed by atoms with van der Waals surface area (Å²) in [7, 11) is 1.62. The molecule has 0 radical (unpaired) electrons. The number of aliphatic carboxylic acids is 1. The number of hydrogen-bond donors (Lipinski definition) is 1. The van der Waals surface area contributed by atoms with Crippen molar-refractivity contribution in [3.63, 3.8) is 0 Å². The fourth-order valence-corrected chi connectivity index (χ4v) is 2.74. The molecule has 5 heteroatoms. The molecule has 0 aliphatic heterocycles. The Balaban J connectivity index is 2.37. The van der Waals surface area contributed by atoms with Crippen molar-refractivity contribution in [2.75, 3.05) is 7.11 Å². The van der Waals surface area contributed by atoms with E-state index in [9.17, 15) is 4.79 Å². The van der Waals surface area contributed by atoms with Gasteiger partial charge in [-0.2, -0.15) is 0 Å². The SMILES string of the molecule is COc1cccc(-c2sc(CC(=O)O)nc2C)c1. The van der Waals surface area contributed by atoms with Crippen LogP contribution in [0.25, 0.3) is 10.4 Å². The Hall–Kier alpha value is -1.88. The molecule has 0 saturated heterocycles. The lowest BCUT2D eigenvalue weighted by atomic mass is 10.1. The molecule has 0 unspecified atom stereocenters. The third-order valence-corrected chi connectivity index (χ3v) is 3.68. The maximum Gasteiger partial charge on any atom is 0.310 e. The van der Waals surface area contributed by atoms with Crippen molar-refractivity contribution in [3.05, 3.63) is 35.0 Å². The molecule has 0 atom stereocenters. The first-order valence-corrected chi connectivity index (χ1v) is 6.24. The van der Waals surface area contributed by atoms with Crippen LogP contribution in [0.3, 0.4) is 0 Å². The lowest BCUT2D eigenvalue weighted by Gasteiger charge is -2.02. The van der Waals surface area contributed by atoms with E-state index in [2.05, 4.69) is 4.98 Å². The number of carboxylic acids is 1. The summed E-state index contributed by atoms with van der Waals surface area (Å²) in [4.78, 5) is 15.9. The molecule has 1 heterocycles. The molecular formula is C13H13NO3S. The average molecular weight is 263 g/mol. The van der Waals surface area contributed by atoms with E-state index in [0.29, 0.717) is 5.01 Å². The van der Waals surface area contributed by atoms with Crippen molar-refractivity contribution in [1.29, 1.82) is 0 Å². The Kier molecular flexibility index (Phi) is 3.62. The molecule has 0 bridgehead atoms. The van der Waals surface area contributed by atoms with E-state index in [0.717, 1.165) is 21.9 Å². The van der Waals surface area contributed by atoms with Crippen LogP contribution >= 0.6 is 11.3 Å². The fraction of sp³-hybridized carbons (Fsp3) is 0.231. The van der Waals surface area contributed by atoms with Gasteiger partial charge < -0.3 is 9.84 Å². The number of aryl methyl sites for hydroxylation is 1. The van der Waals surface area contributed by atoms with Crippen LogP contribution in [0.15, 0.2) is 24.3 Å². The van der Waals surface area contributed by atoms with Crippen LogP contribution in [-0.4, -0.2) is 23.2 Å². The Labute approximate surface area is 109 Å². The van der Waals surface area contributed by atoms with E-state index in [-0.39, 0.29) is 6.42 Å². The zero-order chi connectivity index (χ0) is 13.1. The van der Waals surface area contributed by atoms with Crippen LogP contribution in [0, 0.1) is 6.92 Å². The van der Waals surface area contributed by atoms with Crippen molar-refractivity contribution in [1.82, 2.24) is 4.98 Å². The standard InChI is InChI=1S/C13H13NO3S/c1-8-13(18-11(14-8)7-12(15)16)9-4-3-5-10(6-9)17-2/h3-6H,7H2,1-2H3,(H,15,16). The molecule has 0 spiro atoms. The lowest BCUT2D eigenvalue weighted by Crippen LogP contribution is -1.98. The zero-order valence-corrected chi connectivity index (χ0v) is 11.0. The molecule has 4 nitrogen and oxygen atoms in total. The number of carbonyl (C=O) groups is 1. The normalized spacial score (nSPS) is 10.3. The van der Waals surface area contributed by atoms with E-state index in [1.807, 2.05) is 31.2 Å². The molecule has 1 N–H and O–H groups in total. The third-order valence-electron chi connectivity index (χ3n) is 2.48. The quantitative estimate of drug-likeness (QED) is 0.921. The van der Waals surface area contributed by atoms with Gasteiger partial charge in [-0.3, -0.25) is 4.79 Å². The van der Waals surface area contributed by atoms with Gasteiger partial charge in [0, 0.05) is 0 Å². The van der Waals surface area contributed by atoms with Gasteiger partial charge >= 0.3 is 5.97 Å². The summed E-state index contributed by atoms with van der Waals surface area (Å²) in [5.41, 5.74) is 1.85. The first kappa shape index (κ1) is 12.6.